The Morgan fingerprint density at radius 3 is 2.71 bits per heavy atom. The summed E-state index contributed by atoms with van der Waals surface area (Å²) in [4.78, 5) is 3.21. The lowest BCUT2D eigenvalue weighted by atomic mass is 10.3. The molecule has 2 rings (SSSR count). The Balaban J connectivity index is 2.54. The molecule has 2 aromatic rings. The molecule has 0 bridgehead atoms. The van der Waals surface area contributed by atoms with E-state index in [1.165, 1.54) is 12.3 Å². The van der Waals surface area contributed by atoms with E-state index in [0.717, 1.165) is 6.07 Å². The zero-order chi connectivity index (χ0) is 15.8. The van der Waals surface area contributed by atoms with Crippen molar-refractivity contribution in [2.24, 2.45) is 0 Å². The number of benzene rings is 1. The number of rotatable bonds is 3. The van der Waals surface area contributed by atoms with Gasteiger partial charge in [-0.3, -0.25) is 4.72 Å². The number of anilines is 2. The maximum absolute atomic E-state index is 14.0. The van der Waals surface area contributed by atoms with Gasteiger partial charge in [-0.1, -0.05) is 11.6 Å². The SMILES string of the molecule is Cc1ccnc(Cl)c1NS(=O)(=O)c1cc(N)cc(Br)c1F. The summed E-state index contributed by atoms with van der Waals surface area (Å²) in [5.74, 6) is -0.936. The van der Waals surface area contributed by atoms with Crippen LogP contribution in [0.5, 0.6) is 0 Å². The first-order valence-corrected chi connectivity index (χ1v) is 8.26. The summed E-state index contributed by atoms with van der Waals surface area (Å²) in [6.07, 6.45) is 1.44. The fourth-order valence-corrected chi connectivity index (χ4v) is 3.81. The van der Waals surface area contributed by atoms with Gasteiger partial charge < -0.3 is 5.73 Å². The van der Waals surface area contributed by atoms with Crippen LogP contribution < -0.4 is 10.5 Å². The summed E-state index contributed by atoms with van der Waals surface area (Å²) < 4.78 is 40.8. The van der Waals surface area contributed by atoms with Crippen molar-refractivity contribution in [2.75, 3.05) is 10.5 Å². The van der Waals surface area contributed by atoms with Crippen molar-refractivity contribution in [1.82, 2.24) is 4.98 Å². The third kappa shape index (κ3) is 3.28. The Bertz CT molecular complexity index is 794. The fourth-order valence-electron chi connectivity index (χ4n) is 1.62. The van der Waals surface area contributed by atoms with E-state index in [2.05, 4.69) is 25.6 Å². The molecule has 0 amide bonds. The summed E-state index contributed by atoms with van der Waals surface area (Å²) in [5, 5.41) is -0.0260. The predicted molar refractivity (Wildman–Crippen MR) is 83.3 cm³/mol. The van der Waals surface area contributed by atoms with Crippen molar-refractivity contribution in [3.05, 3.63) is 45.4 Å². The van der Waals surface area contributed by atoms with Crippen LogP contribution in [0.2, 0.25) is 5.15 Å². The quantitative estimate of drug-likeness (QED) is 0.618. The van der Waals surface area contributed by atoms with E-state index in [9.17, 15) is 12.8 Å². The van der Waals surface area contributed by atoms with Crippen LogP contribution in [0.1, 0.15) is 5.56 Å². The van der Waals surface area contributed by atoms with Gasteiger partial charge in [-0.25, -0.2) is 17.8 Å². The number of aromatic nitrogens is 1. The van der Waals surface area contributed by atoms with Gasteiger partial charge in [0, 0.05) is 11.9 Å². The molecule has 1 aromatic carbocycles. The van der Waals surface area contributed by atoms with Crippen LogP contribution in [-0.4, -0.2) is 13.4 Å². The molecule has 1 heterocycles. The Labute approximate surface area is 134 Å². The zero-order valence-electron chi connectivity index (χ0n) is 10.7. The summed E-state index contributed by atoms with van der Waals surface area (Å²) in [5.41, 5.74) is 6.31. The van der Waals surface area contributed by atoms with E-state index >= 15 is 0 Å². The van der Waals surface area contributed by atoms with Crippen LogP contribution in [0.3, 0.4) is 0 Å². The van der Waals surface area contributed by atoms with Gasteiger partial charge >= 0.3 is 0 Å². The van der Waals surface area contributed by atoms with Gasteiger partial charge in [0.2, 0.25) is 0 Å². The molecular formula is C12H10BrClFN3O2S. The third-order valence-corrected chi connectivity index (χ3v) is 4.87. The number of aryl methyl sites for hydroxylation is 1. The number of nitrogens with zero attached hydrogens (tertiary/aromatic N) is 1. The highest BCUT2D eigenvalue weighted by molar-refractivity contribution is 9.10. The average molecular weight is 395 g/mol. The molecule has 0 radical (unpaired) electrons. The molecule has 0 spiro atoms. The third-order valence-electron chi connectivity index (χ3n) is 2.66. The standard InChI is InChI=1S/C12H10BrClFN3O2S/c1-6-2-3-17-12(14)11(6)18-21(19,20)9-5-7(16)4-8(13)10(9)15/h2-5,18H,16H2,1H3. The minimum Gasteiger partial charge on any atom is -0.399 e. The Kier molecular flexibility index (Phi) is 4.40. The van der Waals surface area contributed by atoms with Crippen LogP contribution in [0, 0.1) is 12.7 Å². The molecule has 0 saturated heterocycles. The van der Waals surface area contributed by atoms with Gasteiger partial charge in [0.05, 0.1) is 10.2 Å². The highest BCUT2D eigenvalue weighted by atomic mass is 79.9. The molecular weight excluding hydrogens is 385 g/mol. The molecule has 5 nitrogen and oxygen atoms in total. The molecule has 0 aliphatic rings. The summed E-state index contributed by atoms with van der Waals surface area (Å²) >= 11 is 8.78. The minimum atomic E-state index is -4.19. The van der Waals surface area contributed by atoms with Gasteiger partial charge in [0.1, 0.15) is 4.90 Å². The van der Waals surface area contributed by atoms with Crippen molar-refractivity contribution >= 4 is 48.9 Å². The molecule has 0 unspecified atom stereocenters. The number of pyridine rings is 1. The van der Waals surface area contributed by atoms with Crippen molar-refractivity contribution in [1.29, 1.82) is 0 Å². The number of hydrogen-bond donors (Lipinski definition) is 2. The molecule has 0 saturated carbocycles. The van der Waals surface area contributed by atoms with Crippen molar-refractivity contribution in [2.45, 2.75) is 11.8 Å². The molecule has 0 fully saturated rings. The first-order chi connectivity index (χ1) is 9.72. The van der Waals surface area contributed by atoms with Gasteiger partial charge in [-0.05, 0) is 46.6 Å². The van der Waals surface area contributed by atoms with Gasteiger partial charge in [-0.15, -0.1) is 0 Å². The zero-order valence-corrected chi connectivity index (χ0v) is 13.9. The molecule has 1 aromatic heterocycles. The molecule has 0 aliphatic heterocycles. The van der Waals surface area contributed by atoms with Crippen molar-refractivity contribution in [3.63, 3.8) is 0 Å². The van der Waals surface area contributed by atoms with E-state index in [1.54, 1.807) is 13.0 Å². The minimum absolute atomic E-state index is 0.0260. The highest BCUT2D eigenvalue weighted by Crippen LogP contribution is 2.30. The van der Waals surface area contributed by atoms with Crippen molar-refractivity contribution < 1.29 is 12.8 Å². The van der Waals surface area contributed by atoms with E-state index in [-0.39, 0.29) is 21.0 Å². The smallest absolute Gasteiger partial charge is 0.265 e. The lowest BCUT2D eigenvalue weighted by Crippen LogP contribution is -2.16. The molecule has 0 aliphatic carbocycles. The molecule has 0 atom stereocenters. The normalized spacial score (nSPS) is 11.4. The average Bonchev–Trinajstić information content (AvgIpc) is 2.38. The number of nitrogens with one attached hydrogen (secondary N) is 1. The fraction of sp³-hybridized carbons (Fsp3) is 0.0833. The summed E-state index contributed by atoms with van der Waals surface area (Å²) in [7, 11) is -4.19. The van der Waals surface area contributed by atoms with Crippen LogP contribution in [-0.2, 0) is 10.0 Å². The number of nitrogen functional groups attached to an aromatic ring is 1. The molecule has 3 N–H and O–H groups in total. The van der Waals surface area contributed by atoms with Crippen LogP contribution in [0.15, 0.2) is 33.8 Å². The molecule has 112 valence electrons. The van der Waals surface area contributed by atoms with Crippen molar-refractivity contribution in [3.8, 4) is 0 Å². The topological polar surface area (TPSA) is 85.1 Å². The van der Waals surface area contributed by atoms with Gasteiger partial charge in [0.15, 0.2) is 11.0 Å². The molecule has 21 heavy (non-hydrogen) atoms. The second-order valence-corrected chi connectivity index (χ2v) is 7.08. The number of nitrogens with two attached hydrogens (primary N) is 1. The Morgan fingerprint density at radius 2 is 2.10 bits per heavy atom. The summed E-state index contributed by atoms with van der Waals surface area (Å²) in [6.45, 7) is 1.65. The van der Waals surface area contributed by atoms with E-state index in [4.69, 9.17) is 17.3 Å². The van der Waals surface area contributed by atoms with E-state index < -0.39 is 20.7 Å². The van der Waals surface area contributed by atoms with Crippen LogP contribution in [0.4, 0.5) is 15.8 Å². The monoisotopic (exact) mass is 393 g/mol. The van der Waals surface area contributed by atoms with E-state index in [0.29, 0.717) is 5.56 Å². The lowest BCUT2D eigenvalue weighted by molar-refractivity contribution is 0.567. The number of hydrogen-bond acceptors (Lipinski definition) is 4. The lowest BCUT2D eigenvalue weighted by Gasteiger charge is -2.13. The van der Waals surface area contributed by atoms with Crippen LogP contribution in [0.25, 0.3) is 0 Å². The van der Waals surface area contributed by atoms with Gasteiger partial charge in [-0.2, -0.15) is 0 Å². The van der Waals surface area contributed by atoms with Crippen LogP contribution >= 0.6 is 27.5 Å². The second-order valence-electron chi connectivity index (χ2n) is 4.21. The largest absolute Gasteiger partial charge is 0.399 e. The Morgan fingerprint density at radius 1 is 1.43 bits per heavy atom. The highest BCUT2D eigenvalue weighted by Gasteiger charge is 2.23. The first kappa shape index (κ1) is 16.0. The molecule has 9 heteroatoms. The second kappa shape index (κ2) is 5.78. The van der Waals surface area contributed by atoms with Gasteiger partial charge in [0.25, 0.3) is 10.0 Å². The predicted octanol–water partition coefficient (Wildman–Crippen LogP) is 3.33. The Hall–Kier alpha value is -1.38. The number of sulfonamides is 1. The first-order valence-electron chi connectivity index (χ1n) is 5.61. The summed E-state index contributed by atoms with van der Waals surface area (Å²) in [6, 6.07) is 3.88. The maximum atomic E-state index is 14.0. The number of halogens is 3. The maximum Gasteiger partial charge on any atom is 0.265 e. The van der Waals surface area contributed by atoms with E-state index in [1.807, 2.05) is 0 Å².